The van der Waals surface area contributed by atoms with Crippen LogP contribution in [0.1, 0.15) is 51.2 Å². The van der Waals surface area contributed by atoms with Gasteiger partial charge in [-0.2, -0.15) is 5.10 Å². The summed E-state index contributed by atoms with van der Waals surface area (Å²) >= 11 is 3.52. The summed E-state index contributed by atoms with van der Waals surface area (Å²) in [6.07, 6.45) is 0.467. The van der Waals surface area contributed by atoms with Gasteiger partial charge in [-0.05, 0) is 55.0 Å². The Bertz CT molecular complexity index is 1940. The fourth-order valence-corrected chi connectivity index (χ4v) is 5.98. The lowest BCUT2D eigenvalue weighted by Crippen LogP contribution is -2.40. The van der Waals surface area contributed by atoms with Crippen LogP contribution in [0.2, 0.25) is 0 Å². The standard InChI is InChI=1S/C32H22BrN3O4/c1-2-35-30(37)22-8-5-7-21-26(15-14-23(29(21)22)31(35)38)36-27(18-10-12-20(33)13-11-18)17-25(34-36)24-16-19-6-3-4-9-28(19)40-32(24)39/h3-16,27H,2,17H2,1H3. The molecule has 1 atom stereocenters. The number of anilines is 1. The van der Waals surface area contributed by atoms with E-state index in [-0.39, 0.29) is 17.9 Å². The number of hydrogen-bond acceptors (Lipinski definition) is 6. The summed E-state index contributed by atoms with van der Waals surface area (Å²) in [5, 5.41) is 9.10. The van der Waals surface area contributed by atoms with Gasteiger partial charge in [0.05, 0.1) is 23.0 Å². The number of nitrogens with zero attached hydrogens (tertiary/aromatic N) is 3. The first-order valence-corrected chi connectivity index (χ1v) is 13.8. The number of halogens is 1. The van der Waals surface area contributed by atoms with Crippen LogP contribution in [0.25, 0.3) is 21.7 Å². The summed E-state index contributed by atoms with van der Waals surface area (Å²) in [6, 6.07) is 26.2. The quantitative estimate of drug-likeness (QED) is 0.172. The van der Waals surface area contributed by atoms with E-state index in [9.17, 15) is 14.4 Å². The first-order valence-electron chi connectivity index (χ1n) is 13.0. The molecule has 7 rings (SSSR count). The maximum atomic E-state index is 13.2. The van der Waals surface area contributed by atoms with Gasteiger partial charge in [0.1, 0.15) is 5.58 Å². The number of hydrazone groups is 1. The summed E-state index contributed by atoms with van der Waals surface area (Å²) in [7, 11) is 0. The molecule has 196 valence electrons. The minimum absolute atomic E-state index is 0.229. The van der Waals surface area contributed by atoms with Crippen molar-refractivity contribution in [1.82, 2.24) is 4.90 Å². The van der Waals surface area contributed by atoms with Crippen molar-refractivity contribution in [3.63, 3.8) is 0 Å². The molecule has 0 saturated carbocycles. The second kappa shape index (κ2) is 9.27. The largest absolute Gasteiger partial charge is 0.422 e. The summed E-state index contributed by atoms with van der Waals surface area (Å²) < 4.78 is 6.59. The molecule has 0 N–H and O–H groups in total. The molecule has 0 aliphatic carbocycles. The van der Waals surface area contributed by atoms with Gasteiger partial charge in [0.2, 0.25) is 0 Å². The third kappa shape index (κ3) is 3.71. The van der Waals surface area contributed by atoms with Crippen molar-refractivity contribution in [2.45, 2.75) is 19.4 Å². The molecule has 7 nitrogen and oxygen atoms in total. The van der Waals surface area contributed by atoms with Crippen molar-refractivity contribution in [2.75, 3.05) is 11.6 Å². The number of carbonyl (C=O) groups is 2. The summed E-state index contributed by atoms with van der Waals surface area (Å²) in [4.78, 5) is 40.7. The van der Waals surface area contributed by atoms with Crippen LogP contribution in [0.3, 0.4) is 0 Å². The van der Waals surface area contributed by atoms with E-state index < -0.39 is 5.63 Å². The van der Waals surface area contributed by atoms with Crippen LogP contribution in [-0.2, 0) is 0 Å². The zero-order valence-electron chi connectivity index (χ0n) is 21.4. The number of para-hydroxylation sites is 1. The number of amides is 2. The molecule has 1 unspecified atom stereocenters. The molecule has 1 aromatic heterocycles. The lowest BCUT2D eigenvalue weighted by atomic mass is 9.92. The zero-order chi connectivity index (χ0) is 27.5. The van der Waals surface area contributed by atoms with Crippen LogP contribution in [0.15, 0.2) is 104 Å². The van der Waals surface area contributed by atoms with E-state index in [1.165, 1.54) is 4.90 Å². The summed E-state index contributed by atoms with van der Waals surface area (Å²) in [5.41, 5.74) is 3.85. The molecule has 5 aromatic rings. The van der Waals surface area contributed by atoms with E-state index in [2.05, 4.69) is 15.9 Å². The normalized spacial score (nSPS) is 16.8. The van der Waals surface area contributed by atoms with Gasteiger partial charge in [0, 0.05) is 44.7 Å². The van der Waals surface area contributed by atoms with Crippen LogP contribution in [-0.4, -0.2) is 29.0 Å². The van der Waals surface area contributed by atoms with Crippen LogP contribution < -0.4 is 10.6 Å². The summed E-state index contributed by atoms with van der Waals surface area (Å²) in [5.74, 6) is -0.599. The Morgan fingerprint density at radius 2 is 1.62 bits per heavy atom. The number of fused-ring (bicyclic) bond motifs is 1. The molecule has 0 fully saturated rings. The Labute approximate surface area is 237 Å². The van der Waals surface area contributed by atoms with Crippen LogP contribution in [0.4, 0.5) is 5.69 Å². The predicted molar refractivity (Wildman–Crippen MR) is 158 cm³/mol. The highest BCUT2D eigenvalue weighted by molar-refractivity contribution is 9.10. The van der Waals surface area contributed by atoms with Gasteiger partial charge in [-0.1, -0.05) is 58.4 Å². The number of carbonyl (C=O) groups excluding carboxylic acids is 2. The monoisotopic (exact) mass is 591 g/mol. The average Bonchev–Trinajstić information content (AvgIpc) is 3.41. The Balaban J connectivity index is 1.43. The molecule has 40 heavy (non-hydrogen) atoms. The van der Waals surface area contributed by atoms with E-state index in [1.54, 1.807) is 25.1 Å². The van der Waals surface area contributed by atoms with E-state index in [0.717, 1.165) is 26.5 Å². The molecular weight excluding hydrogens is 570 g/mol. The molecule has 2 amide bonds. The maximum Gasteiger partial charge on any atom is 0.345 e. The van der Waals surface area contributed by atoms with Crippen molar-refractivity contribution in [2.24, 2.45) is 5.10 Å². The highest BCUT2D eigenvalue weighted by Crippen LogP contribution is 2.42. The van der Waals surface area contributed by atoms with Gasteiger partial charge in [-0.3, -0.25) is 19.5 Å². The molecule has 0 saturated heterocycles. The number of imide groups is 1. The smallest absolute Gasteiger partial charge is 0.345 e. The van der Waals surface area contributed by atoms with Crippen molar-refractivity contribution >= 4 is 60.9 Å². The molecule has 8 heteroatoms. The molecule has 4 aromatic carbocycles. The second-order valence-electron chi connectivity index (χ2n) is 9.86. The number of benzene rings is 4. The number of hydrogen-bond donors (Lipinski definition) is 0. The topological polar surface area (TPSA) is 83.2 Å². The molecular formula is C32H22BrN3O4. The fourth-order valence-electron chi connectivity index (χ4n) is 5.72. The second-order valence-corrected chi connectivity index (χ2v) is 10.8. The van der Waals surface area contributed by atoms with Crippen molar-refractivity contribution in [3.8, 4) is 0 Å². The third-order valence-electron chi connectivity index (χ3n) is 7.65. The molecule has 0 radical (unpaired) electrons. The van der Waals surface area contributed by atoms with Crippen molar-refractivity contribution in [1.29, 1.82) is 0 Å². The summed E-state index contributed by atoms with van der Waals surface area (Å²) in [6.45, 7) is 2.09. The van der Waals surface area contributed by atoms with Crippen molar-refractivity contribution in [3.05, 3.63) is 122 Å². The third-order valence-corrected chi connectivity index (χ3v) is 8.18. The van der Waals surface area contributed by atoms with Crippen LogP contribution in [0.5, 0.6) is 0 Å². The zero-order valence-corrected chi connectivity index (χ0v) is 23.0. The van der Waals surface area contributed by atoms with E-state index in [0.29, 0.717) is 46.3 Å². The first kappa shape index (κ1) is 24.5. The molecule has 2 aliphatic rings. The average molecular weight is 592 g/mol. The molecule has 0 bridgehead atoms. The minimum Gasteiger partial charge on any atom is -0.422 e. The highest BCUT2D eigenvalue weighted by Gasteiger charge is 2.36. The Morgan fingerprint density at radius 1 is 0.875 bits per heavy atom. The molecule has 0 spiro atoms. The Morgan fingerprint density at radius 3 is 2.40 bits per heavy atom. The highest BCUT2D eigenvalue weighted by atomic mass is 79.9. The molecule has 2 aliphatic heterocycles. The Hall–Kier alpha value is -4.56. The van der Waals surface area contributed by atoms with Gasteiger partial charge in [0.25, 0.3) is 11.8 Å². The maximum absolute atomic E-state index is 13.2. The van der Waals surface area contributed by atoms with Gasteiger partial charge < -0.3 is 4.42 Å². The van der Waals surface area contributed by atoms with E-state index >= 15 is 0 Å². The van der Waals surface area contributed by atoms with Gasteiger partial charge >= 0.3 is 5.63 Å². The Kier molecular flexibility index (Phi) is 5.68. The van der Waals surface area contributed by atoms with Crippen LogP contribution >= 0.6 is 15.9 Å². The fraction of sp³-hybridized carbons (Fsp3) is 0.125. The lowest BCUT2D eigenvalue weighted by Gasteiger charge is -2.29. The van der Waals surface area contributed by atoms with Gasteiger partial charge in [0.15, 0.2) is 0 Å². The van der Waals surface area contributed by atoms with Gasteiger partial charge in [-0.25, -0.2) is 4.79 Å². The minimum atomic E-state index is -0.443. The van der Waals surface area contributed by atoms with E-state index in [1.807, 2.05) is 71.7 Å². The molecule has 3 heterocycles. The lowest BCUT2D eigenvalue weighted by molar-refractivity contribution is 0.0619. The number of rotatable bonds is 4. The SMILES string of the molecule is CCN1C(=O)c2cccc3c(N4N=C(c5cc6ccccc6oc5=O)CC4c4ccc(Br)cc4)ccc(c23)C1=O. The van der Waals surface area contributed by atoms with Crippen LogP contribution in [0, 0.1) is 0 Å². The van der Waals surface area contributed by atoms with Gasteiger partial charge in [-0.15, -0.1) is 0 Å². The van der Waals surface area contributed by atoms with E-state index in [4.69, 9.17) is 9.52 Å². The first-order chi connectivity index (χ1) is 19.4. The van der Waals surface area contributed by atoms with Crippen molar-refractivity contribution < 1.29 is 14.0 Å². The predicted octanol–water partition coefficient (Wildman–Crippen LogP) is 6.68.